The minimum absolute atomic E-state index is 0.213. The smallest absolute Gasteiger partial charge is 0.123 e. The van der Waals surface area contributed by atoms with Gasteiger partial charge in [-0.05, 0) is 30.7 Å². The van der Waals surface area contributed by atoms with Crippen molar-refractivity contribution >= 4 is 5.69 Å². The summed E-state index contributed by atoms with van der Waals surface area (Å²) >= 11 is 0. The van der Waals surface area contributed by atoms with Crippen LogP contribution in [0.2, 0.25) is 0 Å². The fraction of sp³-hybridized carbons (Fsp3) is 0.455. The number of ether oxygens (including phenoxy) is 1. The van der Waals surface area contributed by atoms with Gasteiger partial charge in [0.15, 0.2) is 0 Å². The predicted octanol–water partition coefficient (Wildman–Crippen LogP) is 2.66. The summed E-state index contributed by atoms with van der Waals surface area (Å²) in [5.41, 5.74) is 0.926. The van der Waals surface area contributed by atoms with Crippen LogP contribution in [-0.4, -0.2) is 19.8 Å². The molecule has 1 aromatic carbocycles. The van der Waals surface area contributed by atoms with Crippen molar-refractivity contribution in [2.24, 2.45) is 0 Å². The van der Waals surface area contributed by atoms with Gasteiger partial charge in [-0.3, -0.25) is 0 Å². The Morgan fingerprint density at radius 2 is 2.00 bits per heavy atom. The van der Waals surface area contributed by atoms with E-state index >= 15 is 0 Å². The fourth-order valence-electron chi connectivity index (χ4n) is 1.24. The molecule has 0 aliphatic rings. The number of nitrogens with one attached hydrogen (secondary N) is 1. The molecule has 1 aromatic rings. The van der Waals surface area contributed by atoms with Gasteiger partial charge in [0.25, 0.3) is 0 Å². The third kappa shape index (κ3) is 3.34. The molecule has 1 N–H and O–H groups in total. The van der Waals surface area contributed by atoms with E-state index in [0.717, 1.165) is 12.1 Å². The molecule has 0 aliphatic carbocycles. The van der Waals surface area contributed by atoms with Crippen molar-refractivity contribution in [3.63, 3.8) is 0 Å². The van der Waals surface area contributed by atoms with E-state index in [0.29, 0.717) is 6.61 Å². The Morgan fingerprint density at radius 1 is 1.36 bits per heavy atom. The Balaban J connectivity index is 2.53. The van der Waals surface area contributed by atoms with E-state index in [4.69, 9.17) is 4.74 Å². The van der Waals surface area contributed by atoms with Crippen molar-refractivity contribution in [2.75, 3.05) is 19.0 Å². The lowest BCUT2D eigenvalue weighted by molar-refractivity contribution is 0.184. The number of benzene rings is 1. The highest BCUT2D eigenvalue weighted by Gasteiger charge is 2.04. The van der Waals surface area contributed by atoms with Crippen LogP contribution in [0.3, 0.4) is 0 Å². The highest BCUT2D eigenvalue weighted by atomic mass is 19.1. The van der Waals surface area contributed by atoms with Gasteiger partial charge in [0.1, 0.15) is 5.82 Å². The molecule has 78 valence electrons. The fourth-order valence-corrected chi connectivity index (χ4v) is 1.24. The van der Waals surface area contributed by atoms with Crippen molar-refractivity contribution < 1.29 is 9.13 Å². The molecule has 1 unspecified atom stereocenters. The summed E-state index contributed by atoms with van der Waals surface area (Å²) in [6.07, 6.45) is 0.977. The molecule has 0 saturated carbocycles. The molecule has 0 heterocycles. The number of hydrogen-bond donors (Lipinski definition) is 1. The molecule has 0 amide bonds. The second-order valence-corrected chi connectivity index (χ2v) is 3.21. The number of anilines is 1. The van der Waals surface area contributed by atoms with Crippen LogP contribution in [0.25, 0.3) is 0 Å². The topological polar surface area (TPSA) is 21.3 Å². The van der Waals surface area contributed by atoms with Crippen LogP contribution in [0.5, 0.6) is 0 Å². The lowest BCUT2D eigenvalue weighted by Crippen LogP contribution is -2.23. The summed E-state index contributed by atoms with van der Waals surface area (Å²) in [6.45, 7) is 2.74. The van der Waals surface area contributed by atoms with Crippen LogP contribution in [0.1, 0.15) is 13.3 Å². The second-order valence-electron chi connectivity index (χ2n) is 3.21. The van der Waals surface area contributed by atoms with Gasteiger partial charge >= 0.3 is 0 Å². The zero-order chi connectivity index (χ0) is 10.4. The van der Waals surface area contributed by atoms with Gasteiger partial charge in [-0.1, -0.05) is 6.92 Å². The highest BCUT2D eigenvalue weighted by Crippen LogP contribution is 2.10. The first-order valence-electron chi connectivity index (χ1n) is 4.77. The Labute approximate surface area is 84.1 Å². The van der Waals surface area contributed by atoms with Gasteiger partial charge in [-0.15, -0.1) is 0 Å². The number of hydrogen-bond acceptors (Lipinski definition) is 2. The van der Waals surface area contributed by atoms with Crippen molar-refractivity contribution in [1.29, 1.82) is 0 Å². The van der Waals surface area contributed by atoms with E-state index < -0.39 is 0 Å². The molecular formula is C11H16FNO. The summed E-state index contributed by atoms with van der Waals surface area (Å²) in [7, 11) is 1.68. The van der Waals surface area contributed by atoms with Gasteiger partial charge in [0, 0.05) is 18.8 Å². The van der Waals surface area contributed by atoms with Crippen LogP contribution in [-0.2, 0) is 4.74 Å². The Morgan fingerprint density at radius 3 is 2.50 bits per heavy atom. The molecule has 0 radical (unpaired) electrons. The minimum atomic E-state index is -0.213. The van der Waals surface area contributed by atoms with Crippen molar-refractivity contribution in [3.8, 4) is 0 Å². The maximum Gasteiger partial charge on any atom is 0.123 e. The number of rotatable bonds is 5. The van der Waals surface area contributed by atoms with Crippen LogP contribution < -0.4 is 5.32 Å². The molecule has 0 bridgehead atoms. The average molecular weight is 197 g/mol. The van der Waals surface area contributed by atoms with E-state index in [1.807, 2.05) is 0 Å². The minimum Gasteiger partial charge on any atom is -0.383 e. The molecule has 0 fully saturated rings. The molecule has 3 heteroatoms. The molecule has 14 heavy (non-hydrogen) atoms. The van der Waals surface area contributed by atoms with Crippen molar-refractivity contribution in [2.45, 2.75) is 19.4 Å². The number of halogens is 1. The molecule has 0 spiro atoms. The molecule has 0 aliphatic heterocycles. The van der Waals surface area contributed by atoms with Gasteiger partial charge in [-0.25, -0.2) is 4.39 Å². The maximum atomic E-state index is 12.6. The summed E-state index contributed by atoms with van der Waals surface area (Å²) in [5, 5.41) is 3.27. The zero-order valence-electron chi connectivity index (χ0n) is 8.59. The Hall–Kier alpha value is -1.09. The summed E-state index contributed by atoms with van der Waals surface area (Å²) in [5.74, 6) is -0.213. The monoisotopic (exact) mass is 197 g/mol. The maximum absolute atomic E-state index is 12.6. The average Bonchev–Trinajstić information content (AvgIpc) is 2.20. The molecule has 2 nitrogen and oxygen atoms in total. The number of methoxy groups -OCH3 is 1. The standard InChI is InChI=1S/C11H16FNO/c1-3-10(8-14-2)13-11-6-4-9(12)5-7-11/h4-7,10,13H,3,8H2,1-2H3. The first kappa shape index (κ1) is 11.0. The van der Waals surface area contributed by atoms with Crippen LogP contribution in [0.4, 0.5) is 10.1 Å². The van der Waals surface area contributed by atoms with Crippen LogP contribution in [0.15, 0.2) is 24.3 Å². The first-order chi connectivity index (χ1) is 6.76. The SMILES string of the molecule is CCC(COC)Nc1ccc(F)cc1. The lowest BCUT2D eigenvalue weighted by atomic mass is 10.2. The van der Waals surface area contributed by atoms with Gasteiger partial charge in [0.05, 0.1) is 6.61 Å². The first-order valence-corrected chi connectivity index (χ1v) is 4.77. The van der Waals surface area contributed by atoms with Crippen LogP contribution >= 0.6 is 0 Å². The van der Waals surface area contributed by atoms with Crippen molar-refractivity contribution in [1.82, 2.24) is 0 Å². The van der Waals surface area contributed by atoms with E-state index in [2.05, 4.69) is 12.2 Å². The molecule has 1 rings (SSSR count). The summed E-state index contributed by atoms with van der Waals surface area (Å²) in [4.78, 5) is 0. The van der Waals surface area contributed by atoms with E-state index in [1.165, 1.54) is 12.1 Å². The third-order valence-corrected chi connectivity index (χ3v) is 2.08. The second kappa shape index (κ2) is 5.60. The summed E-state index contributed by atoms with van der Waals surface area (Å²) in [6, 6.07) is 6.64. The largest absolute Gasteiger partial charge is 0.383 e. The summed E-state index contributed by atoms with van der Waals surface area (Å²) < 4.78 is 17.7. The van der Waals surface area contributed by atoms with Crippen molar-refractivity contribution in [3.05, 3.63) is 30.1 Å². The van der Waals surface area contributed by atoms with E-state index in [9.17, 15) is 4.39 Å². The third-order valence-electron chi connectivity index (χ3n) is 2.08. The van der Waals surface area contributed by atoms with E-state index in [-0.39, 0.29) is 11.9 Å². The lowest BCUT2D eigenvalue weighted by Gasteiger charge is -2.16. The quantitative estimate of drug-likeness (QED) is 0.783. The molecule has 1 atom stereocenters. The normalized spacial score (nSPS) is 12.5. The van der Waals surface area contributed by atoms with E-state index in [1.54, 1.807) is 19.2 Å². The zero-order valence-corrected chi connectivity index (χ0v) is 8.59. The molecule has 0 aromatic heterocycles. The molecular weight excluding hydrogens is 181 g/mol. The van der Waals surface area contributed by atoms with Crippen LogP contribution in [0, 0.1) is 5.82 Å². The van der Waals surface area contributed by atoms with Gasteiger partial charge in [0.2, 0.25) is 0 Å². The predicted molar refractivity (Wildman–Crippen MR) is 56.0 cm³/mol. The highest BCUT2D eigenvalue weighted by molar-refractivity contribution is 5.43. The Bertz CT molecular complexity index is 260. The Kier molecular flexibility index (Phi) is 4.40. The molecule has 0 saturated heterocycles. The van der Waals surface area contributed by atoms with Gasteiger partial charge in [-0.2, -0.15) is 0 Å². The van der Waals surface area contributed by atoms with Gasteiger partial charge < -0.3 is 10.1 Å².